The van der Waals surface area contributed by atoms with Gasteiger partial charge < -0.3 is 14.3 Å². The summed E-state index contributed by atoms with van der Waals surface area (Å²) < 4.78 is 11.0. The predicted molar refractivity (Wildman–Crippen MR) is 73.9 cm³/mol. The Bertz CT molecular complexity index is 501. The van der Waals surface area contributed by atoms with Gasteiger partial charge in [-0.3, -0.25) is 4.90 Å². The molecule has 0 bridgehead atoms. The average molecular weight is 293 g/mol. The highest BCUT2D eigenvalue weighted by Gasteiger charge is 2.38. The van der Waals surface area contributed by atoms with Crippen molar-refractivity contribution < 1.29 is 19.1 Å². The Morgan fingerprint density at radius 1 is 1.38 bits per heavy atom. The molecule has 1 aromatic heterocycles. The first-order valence-corrected chi connectivity index (χ1v) is 6.75. The van der Waals surface area contributed by atoms with E-state index in [9.17, 15) is 9.59 Å². The van der Waals surface area contributed by atoms with E-state index in [4.69, 9.17) is 9.47 Å². The molecule has 0 N–H and O–H groups in total. The largest absolute Gasteiger partial charge is 0.485 e. The highest BCUT2D eigenvalue weighted by Crippen LogP contribution is 2.23. The van der Waals surface area contributed by atoms with Crippen LogP contribution in [0.1, 0.15) is 27.2 Å². The van der Waals surface area contributed by atoms with Gasteiger partial charge in [-0.15, -0.1) is 0 Å². The highest BCUT2D eigenvalue weighted by atomic mass is 16.6. The number of carbonyl (C=O) groups is 2. The van der Waals surface area contributed by atoms with Gasteiger partial charge >= 0.3 is 6.09 Å². The lowest BCUT2D eigenvalue weighted by molar-refractivity contribution is -0.111. The molecule has 21 heavy (non-hydrogen) atoms. The van der Waals surface area contributed by atoms with Gasteiger partial charge in [-0.05, 0) is 20.8 Å². The van der Waals surface area contributed by atoms with E-state index in [1.54, 1.807) is 33.2 Å². The molecule has 114 valence electrons. The summed E-state index contributed by atoms with van der Waals surface area (Å²) in [5.74, 6) is 0.512. The molecule has 2 atom stereocenters. The van der Waals surface area contributed by atoms with E-state index in [-0.39, 0.29) is 6.10 Å². The van der Waals surface area contributed by atoms with Crippen LogP contribution in [-0.2, 0) is 9.53 Å². The van der Waals surface area contributed by atoms with Crippen LogP contribution in [0.15, 0.2) is 18.7 Å². The maximum absolute atomic E-state index is 12.1. The van der Waals surface area contributed by atoms with Crippen molar-refractivity contribution in [2.45, 2.75) is 44.9 Å². The second kappa shape index (κ2) is 6.07. The predicted octanol–water partition coefficient (Wildman–Crippen LogP) is 1.43. The quantitative estimate of drug-likeness (QED) is 0.784. The van der Waals surface area contributed by atoms with Crippen molar-refractivity contribution in [2.75, 3.05) is 6.54 Å². The van der Waals surface area contributed by atoms with Crippen molar-refractivity contribution in [1.82, 2.24) is 14.9 Å². The Kier molecular flexibility index (Phi) is 4.40. The number of nitrogens with zero attached hydrogens (tertiary/aromatic N) is 3. The third kappa shape index (κ3) is 4.14. The minimum atomic E-state index is -0.600. The highest BCUT2D eigenvalue weighted by molar-refractivity contribution is 5.74. The summed E-state index contributed by atoms with van der Waals surface area (Å²) in [5, 5.41) is 0. The van der Waals surface area contributed by atoms with E-state index in [2.05, 4.69) is 9.97 Å². The monoisotopic (exact) mass is 293 g/mol. The van der Waals surface area contributed by atoms with Crippen LogP contribution < -0.4 is 4.74 Å². The summed E-state index contributed by atoms with van der Waals surface area (Å²) in [6, 6.07) is -0.533. The van der Waals surface area contributed by atoms with Gasteiger partial charge in [0.15, 0.2) is 5.75 Å². The number of amides is 1. The first kappa shape index (κ1) is 15.2. The van der Waals surface area contributed by atoms with Crippen molar-refractivity contribution in [3.8, 4) is 5.75 Å². The normalized spacial score (nSPS) is 22.0. The summed E-state index contributed by atoms with van der Waals surface area (Å²) in [6.07, 6.45) is 4.88. The van der Waals surface area contributed by atoms with E-state index >= 15 is 0 Å². The minimum absolute atomic E-state index is 0.279. The van der Waals surface area contributed by atoms with Crippen LogP contribution in [0.3, 0.4) is 0 Å². The van der Waals surface area contributed by atoms with Gasteiger partial charge in [0.1, 0.15) is 24.3 Å². The van der Waals surface area contributed by atoms with Gasteiger partial charge in [0.05, 0.1) is 25.0 Å². The van der Waals surface area contributed by atoms with Crippen LogP contribution in [0.25, 0.3) is 0 Å². The zero-order chi connectivity index (χ0) is 15.5. The Labute approximate surface area is 123 Å². The number of aromatic nitrogens is 2. The number of ether oxygens (including phenoxy) is 2. The molecule has 0 saturated carbocycles. The summed E-state index contributed by atoms with van der Waals surface area (Å²) in [6.45, 7) is 5.65. The molecular formula is C14H19N3O4. The summed E-state index contributed by atoms with van der Waals surface area (Å²) in [7, 11) is 0. The number of rotatable bonds is 3. The molecule has 1 saturated heterocycles. The van der Waals surface area contributed by atoms with Crippen molar-refractivity contribution in [1.29, 1.82) is 0 Å². The summed E-state index contributed by atoms with van der Waals surface area (Å²) >= 11 is 0. The van der Waals surface area contributed by atoms with Crippen LogP contribution in [0, 0.1) is 0 Å². The lowest BCUT2D eigenvalue weighted by atomic mass is 10.2. The Hall–Kier alpha value is -2.18. The van der Waals surface area contributed by atoms with E-state index in [0.717, 1.165) is 6.29 Å². The van der Waals surface area contributed by atoms with E-state index in [1.165, 1.54) is 11.2 Å². The SMILES string of the molecule is CC(C)(C)OC(=O)N1C[C@H](Oc2cncnc2)C[C@H]1C=O. The third-order valence-corrected chi connectivity index (χ3v) is 2.93. The number of aldehydes is 1. The van der Waals surface area contributed by atoms with Gasteiger partial charge in [-0.2, -0.15) is 0 Å². The van der Waals surface area contributed by atoms with Crippen LogP contribution in [0.4, 0.5) is 4.79 Å². The van der Waals surface area contributed by atoms with Gasteiger partial charge in [0.25, 0.3) is 0 Å². The molecule has 0 radical (unpaired) electrons. The van der Waals surface area contributed by atoms with Crippen molar-refractivity contribution in [3.05, 3.63) is 18.7 Å². The van der Waals surface area contributed by atoms with Crippen molar-refractivity contribution in [3.63, 3.8) is 0 Å². The number of hydrogen-bond donors (Lipinski definition) is 0. The molecular weight excluding hydrogens is 274 g/mol. The lowest BCUT2D eigenvalue weighted by Gasteiger charge is -2.26. The smallest absolute Gasteiger partial charge is 0.411 e. The molecule has 2 rings (SSSR count). The van der Waals surface area contributed by atoms with Gasteiger partial charge in [-0.25, -0.2) is 14.8 Å². The maximum atomic E-state index is 12.1. The fraction of sp³-hybridized carbons (Fsp3) is 0.571. The molecule has 0 spiro atoms. The molecule has 1 aliphatic rings. The first-order chi connectivity index (χ1) is 9.89. The second-order valence-electron chi connectivity index (χ2n) is 5.89. The van der Waals surface area contributed by atoms with Crippen LogP contribution in [0.5, 0.6) is 5.75 Å². The van der Waals surface area contributed by atoms with Crippen LogP contribution >= 0.6 is 0 Å². The van der Waals surface area contributed by atoms with Gasteiger partial charge in [-0.1, -0.05) is 0 Å². The number of likely N-dealkylation sites (tertiary alicyclic amines) is 1. The second-order valence-corrected chi connectivity index (χ2v) is 5.89. The van der Waals surface area contributed by atoms with E-state index < -0.39 is 17.7 Å². The molecule has 2 heterocycles. The summed E-state index contributed by atoms with van der Waals surface area (Å²) in [4.78, 5) is 32.4. The number of hydrogen-bond acceptors (Lipinski definition) is 6. The third-order valence-electron chi connectivity index (χ3n) is 2.93. The van der Waals surface area contributed by atoms with Crippen LogP contribution in [-0.4, -0.2) is 51.5 Å². The molecule has 0 aliphatic carbocycles. The number of carbonyl (C=O) groups excluding carboxylic acids is 2. The standard InChI is InChI=1S/C14H19N3O4/c1-14(2,3)21-13(19)17-7-11(4-10(17)8-18)20-12-5-15-9-16-6-12/h5-6,8-11H,4,7H2,1-3H3/t10-,11+/m0/s1. The van der Waals surface area contributed by atoms with Crippen molar-refractivity contribution >= 4 is 12.4 Å². The van der Waals surface area contributed by atoms with Crippen LogP contribution in [0.2, 0.25) is 0 Å². The van der Waals surface area contributed by atoms with E-state index in [1.807, 2.05) is 0 Å². The maximum Gasteiger partial charge on any atom is 0.411 e. The topological polar surface area (TPSA) is 81.6 Å². The van der Waals surface area contributed by atoms with Crippen molar-refractivity contribution in [2.24, 2.45) is 0 Å². The molecule has 7 heteroatoms. The molecule has 1 aromatic rings. The van der Waals surface area contributed by atoms with Gasteiger partial charge in [0, 0.05) is 6.42 Å². The van der Waals surface area contributed by atoms with Gasteiger partial charge in [0.2, 0.25) is 0 Å². The lowest BCUT2D eigenvalue weighted by Crippen LogP contribution is -2.41. The Morgan fingerprint density at radius 2 is 2.05 bits per heavy atom. The molecule has 0 unspecified atom stereocenters. The molecule has 7 nitrogen and oxygen atoms in total. The van der Waals surface area contributed by atoms with E-state index in [0.29, 0.717) is 18.7 Å². The zero-order valence-corrected chi connectivity index (χ0v) is 12.4. The first-order valence-electron chi connectivity index (χ1n) is 6.75. The molecule has 1 aliphatic heterocycles. The zero-order valence-electron chi connectivity index (χ0n) is 12.4. The molecule has 1 fully saturated rings. The minimum Gasteiger partial charge on any atom is -0.485 e. The Morgan fingerprint density at radius 3 is 2.62 bits per heavy atom. The summed E-state index contributed by atoms with van der Waals surface area (Å²) in [5.41, 5.74) is -0.600. The fourth-order valence-corrected chi connectivity index (χ4v) is 2.11. The average Bonchev–Trinajstić information content (AvgIpc) is 2.81. The fourth-order valence-electron chi connectivity index (χ4n) is 2.11. The molecule has 1 amide bonds. The Balaban J connectivity index is 2.00. The molecule has 0 aromatic carbocycles.